The molecule has 0 bridgehead atoms. The quantitative estimate of drug-likeness (QED) is 0.766. The maximum atomic E-state index is 12.0. The van der Waals surface area contributed by atoms with Gasteiger partial charge in [0, 0.05) is 12.1 Å². The van der Waals surface area contributed by atoms with Crippen molar-refractivity contribution in [3.63, 3.8) is 0 Å². The molecule has 1 saturated heterocycles. The van der Waals surface area contributed by atoms with E-state index in [-0.39, 0.29) is 17.3 Å². The Morgan fingerprint density at radius 1 is 1.11 bits per heavy atom. The number of hydrogen-bond acceptors (Lipinski definition) is 4. The van der Waals surface area contributed by atoms with Crippen molar-refractivity contribution in [1.29, 1.82) is 0 Å². The number of rotatable bonds is 3. The van der Waals surface area contributed by atoms with Gasteiger partial charge in [-0.25, -0.2) is 8.42 Å². The third-order valence-electron chi connectivity index (χ3n) is 3.11. The molecule has 2 rings (SSSR count). The SMILES string of the molecule is O=C(CN1CCCS(=O)(=O)CC1)c1ccccc1. The van der Waals surface area contributed by atoms with Crippen molar-refractivity contribution in [2.45, 2.75) is 6.42 Å². The van der Waals surface area contributed by atoms with Crippen molar-refractivity contribution in [3.8, 4) is 0 Å². The van der Waals surface area contributed by atoms with Gasteiger partial charge in [0.1, 0.15) is 0 Å². The van der Waals surface area contributed by atoms with Gasteiger partial charge in [0.15, 0.2) is 15.6 Å². The summed E-state index contributed by atoms with van der Waals surface area (Å²) in [4.78, 5) is 13.9. The Morgan fingerprint density at radius 2 is 1.83 bits per heavy atom. The summed E-state index contributed by atoms with van der Waals surface area (Å²) in [5.41, 5.74) is 0.685. The zero-order valence-corrected chi connectivity index (χ0v) is 11.0. The van der Waals surface area contributed by atoms with Crippen molar-refractivity contribution < 1.29 is 13.2 Å². The highest BCUT2D eigenvalue weighted by molar-refractivity contribution is 7.91. The van der Waals surface area contributed by atoms with E-state index >= 15 is 0 Å². The minimum Gasteiger partial charge on any atom is -0.295 e. The molecule has 1 aliphatic rings. The van der Waals surface area contributed by atoms with Crippen molar-refractivity contribution in [3.05, 3.63) is 35.9 Å². The highest BCUT2D eigenvalue weighted by atomic mass is 32.2. The van der Waals surface area contributed by atoms with Crippen LogP contribution in [0.5, 0.6) is 0 Å². The van der Waals surface area contributed by atoms with E-state index in [1.165, 1.54) is 0 Å². The highest BCUT2D eigenvalue weighted by Gasteiger charge is 2.20. The molecule has 5 heteroatoms. The molecule has 4 nitrogen and oxygen atoms in total. The van der Waals surface area contributed by atoms with Gasteiger partial charge >= 0.3 is 0 Å². The molecule has 0 aliphatic carbocycles. The van der Waals surface area contributed by atoms with E-state index in [0.717, 1.165) is 0 Å². The second-order valence-electron chi connectivity index (χ2n) is 4.57. The van der Waals surface area contributed by atoms with Crippen LogP contribution in [0.15, 0.2) is 30.3 Å². The van der Waals surface area contributed by atoms with Crippen LogP contribution < -0.4 is 0 Å². The lowest BCUT2D eigenvalue weighted by atomic mass is 10.1. The van der Waals surface area contributed by atoms with E-state index in [2.05, 4.69) is 0 Å². The van der Waals surface area contributed by atoms with E-state index in [0.29, 0.717) is 31.6 Å². The van der Waals surface area contributed by atoms with Crippen LogP contribution in [0, 0.1) is 0 Å². The number of ketones is 1. The highest BCUT2D eigenvalue weighted by Crippen LogP contribution is 2.07. The molecule has 18 heavy (non-hydrogen) atoms. The Morgan fingerprint density at radius 3 is 2.56 bits per heavy atom. The fraction of sp³-hybridized carbons (Fsp3) is 0.462. The number of carbonyl (C=O) groups excluding carboxylic acids is 1. The van der Waals surface area contributed by atoms with Gasteiger partial charge in [-0.05, 0) is 13.0 Å². The van der Waals surface area contributed by atoms with Gasteiger partial charge in [-0.1, -0.05) is 30.3 Å². The normalized spacial score (nSPS) is 20.2. The summed E-state index contributed by atoms with van der Waals surface area (Å²) in [6, 6.07) is 9.11. The molecular formula is C13H17NO3S. The van der Waals surface area contributed by atoms with Crippen molar-refractivity contribution >= 4 is 15.6 Å². The van der Waals surface area contributed by atoms with E-state index < -0.39 is 9.84 Å². The molecule has 1 heterocycles. The average Bonchev–Trinajstić information content (AvgIpc) is 2.52. The molecule has 1 aliphatic heterocycles. The number of carbonyl (C=O) groups is 1. The van der Waals surface area contributed by atoms with Crippen molar-refractivity contribution in [2.75, 3.05) is 31.1 Å². The predicted octanol–water partition coefficient (Wildman–Crippen LogP) is 0.990. The van der Waals surface area contributed by atoms with Crippen LogP contribution in [0.3, 0.4) is 0 Å². The Hall–Kier alpha value is -1.20. The fourth-order valence-electron chi connectivity index (χ4n) is 2.07. The number of benzene rings is 1. The van der Waals surface area contributed by atoms with Gasteiger partial charge in [-0.3, -0.25) is 9.69 Å². The van der Waals surface area contributed by atoms with Gasteiger partial charge in [-0.15, -0.1) is 0 Å². The van der Waals surface area contributed by atoms with Gasteiger partial charge in [0.25, 0.3) is 0 Å². The summed E-state index contributed by atoms with van der Waals surface area (Å²) < 4.78 is 22.9. The van der Waals surface area contributed by atoms with Gasteiger partial charge in [0.05, 0.1) is 18.1 Å². The summed E-state index contributed by atoms with van der Waals surface area (Å²) in [5.74, 6) is 0.452. The molecule has 0 N–H and O–H groups in total. The van der Waals surface area contributed by atoms with Crippen LogP contribution in [0.25, 0.3) is 0 Å². The van der Waals surface area contributed by atoms with E-state index in [9.17, 15) is 13.2 Å². The molecule has 0 unspecified atom stereocenters. The molecule has 98 valence electrons. The summed E-state index contributed by atoms with van der Waals surface area (Å²) in [6.45, 7) is 1.44. The molecule has 1 aromatic carbocycles. The summed E-state index contributed by atoms with van der Waals surface area (Å²) in [5, 5.41) is 0. The lowest BCUT2D eigenvalue weighted by Gasteiger charge is -2.17. The maximum absolute atomic E-state index is 12.0. The zero-order chi connectivity index (χ0) is 13.0. The Labute approximate surface area is 108 Å². The van der Waals surface area contributed by atoms with E-state index in [1.807, 2.05) is 23.1 Å². The lowest BCUT2D eigenvalue weighted by Crippen LogP contribution is -2.32. The van der Waals surface area contributed by atoms with Gasteiger partial charge in [0.2, 0.25) is 0 Å². The lowest BCUT2D eigenvalue weighted by molar-refractivity contribution is 0.0935. The van der Waals surface area contributed by atoms with Crippen LogP contribution in [0.1, 0.15) is 16.8 Å². The second kappa shape index (κ2) is 5.63. The van der Waals surface area contributed by atoms with Crippen LogP contribution in [0.4, 0.5) is 0 Å². The number of hydrogen-bond donors (Lipinski definition) is 0. The molecule has 0 aromatic heterocycles. The fourth-order valence-corrected chi connectivity index (χ4v) is 3.38. The number of sulfone groups is 1. The molecule has 0 radical (unpaired) electrons. The second-order valence-corrected chi connectivity index (χ2v) is 6.87. The Balaban J connectivity index is 1.96. The third kappa shape index (κ3) is 3.65. The number of Topliss-reactive ketones (excluding diaryl/α,β-unsaturated/α-hetero) is 1. The van der Waals surface area contributed by atoms with Crippen LogP contribution in [-0.2, 0) is 9.84 Å². The largest absolute Gasteiger partial charge is 0.295 e. The first-order chi connectivity index (χ1) is 8.57. The third-order valence-corrected chi connectivity index (χ3v) is 4.83. The van der Waals surface area contributed by atoms with Crippen LogP contribution in [0.2, 0.25) is 0 Å². The molecule has 1 aromatic rings. The monoisotopic (exact) mass is 267 g/mol. The predicted molar refractivity (Wildman–Crippen MR) is 70.5 cm³/mol. The standard InChI is InChI=1S/C13H17NO3S/c15-13(12-5-2-1-3-6-12)11-14-7-4-9-18(16,17)10-8-14/h1-3,5-6H,4,7-11H2. The van der Waals surface area contributed by atoms with Crippen molar-refractivity contribution in [1.82, 2.24) is 4.90 Å². The Bertz CT molecular complexity index is 510. The van der Waals surface area contributed by atoms with Gasteiger partial charge < -0.3 is 0 Å². The first-order valence-electron chi connectivity index (χ1n) is 6.08. The smallest absolute Gasteiger partial charge is 0.176 e. The minimum absolute atomic E-state index is 0.0508. The topological polar surface area (TPSA) is 54.5 Å². The molecule has 1 fully saturated rings. The van der Waals surface area contributed by atoms with E-state index in [1.54, 1.807) is 12.1 Å². The molecule has 0 amide bonds. The summed E-state index contributed by atoms with van der Waals surface area (Å²) >= 11 is 0. The molecular weight excluding hydrogens is 250 g/mol. The number of nitrogens with zero attached hydrogens (tertiary/aromatic N) is 1. The van der Waals surface area contributed by atoms with Crippen molar-refractivity contribution in [2.24, 2.45) is 0 Å². The van der Waals surface area contributed by atoms with Crippen LogP contribution >= 0.6 is 0 Å². The first kappa shape index (κ1) is 13.2. The molecule has 0 atom stereocenters. The molecule has 0 spiro atoms. The zero-order valence-electron chi connectivity index (χ0n) is 10.2. The minimum atomic E-state index is -2.91. The maximum Gasteiger partial charge on any atom is 0.176 e. The summed E-state index contributed by atoms with van der Waals surface area (Å²) in [7, 11) is -2.91. The first-order valence-corrected chi connectivity index (χ1v) is 7.90. The Kier molecular flexibility index (Phi) is 4.14. The summed E-state index contributed by atoms with van der Waals surface area (Å²) in [6.07, 6.45) is 0.615. The molecule has 0 saturated carbocycles. The van der Waals surface area contributed by atoms with E-state index in [4.69, 9.17) is 0 Å². The van der Waals surface area contributed by atoms with Gasteiger partial charge in [-0.2, -0.15) is 0 Å². The van der Waals surface area contributed by atoms with Crippen LogP contribution in [-0.4, -0.2) is 50.2 Å². The average molecular weight is 267 g/mol.